The fourth-order valence-corrected chi connectivity index (χ4v) is 10.0. The zero-order valence-electron chi connectivity index (χ0n) is 13.6. The van der Waals surface area contributed by atoms with Crippen LogP contribution in [0.25, 0.3) is 5.57 Å². The van der Waals surface area contributed by atoms with Crippen LogP contribution in [0, 0.1) is 6.92 Å². The average molecular weight is 478 g/mol. The number of hydrogen-bond acceptors (Lipinski definition) is 0. The van der Waals surface area contributed by atoms with Crippen LogP contribution in [0.15, 0.2) is 48.0 Å². The van der Waals surface area contributed by atoms with Crippen molar-refractivity contribution in [2.75, 3.05) is 0 Å². The van der Waals surface area contributed by atoms with E-state index in [4.69, 9.17) is 40.2 Å². The number of halogens is 4. The summed E-state index contributed by atoms with van der Waals surface area (Å²) >= 11 is 11.2. The fourth-order valence-electron chi connectivity index (χ4n) is 3.47. The first kappa shape index (κ1) is 19.0. The summed E-state index contributed by atoms with van der Waals surface area (Å²) in [6, 6.07) is 13.9. The van der Waals surface area contributed by atoms with Gasteiger partial charge >= 0.3 is 170 Å². The van der Waals surface area contributed by atoms with Crippen molar-refractivity contribution in [2.45, 2.75) is 28.7 Å². The van der Waals surface area contributed by atoms with E-state index in [1.807, 2.05) is 36.4 Å². The summed E-state index contributed by atoms with van der Waals surface area (Å²) in [5.74, 6) is 0. The molecule has 0 radical (unpaired) electrons. The Bertz CT molecular complexity index is 810. The second kappa shape index (κ2) is 7.09. The predicted octanol–water partition coefficient (Wildman–Crippen LogP) is 7.45. The molecule has 1 aliphatic carbocycles. The monoisotopic (exact) mass is 475 g/mol. The van der Waals surface area contributed by atoms with E-state index in [9.17, 15) is 0 Å². The molecule has 0 bridgehead atoms. The molecule has 0 aliphatic heterocycles. The Morgan fingerprint density at radius 3 is 2.12 bits per heavy atom. The third kappa shape index (κ3) is 3.06. The topological polar surface area (TPSA) is 0 Å². The molecule has 0 aromatic heterocycles. The minimum absolute atomic E-state index is 0.172. The predicted molar refractivity (Wildman–Crippen MR) is 103 cm³/mol. The van der Waals surface area contributed by atoms with Gasteiger partial charge in [0.25, 0.3) is 0 Å². The van der Waals surface area contributed by atoms with Crippen LogP contribution in [0.1, 0.15) is 45.3 Å². The van der Waals surface area contributed by atoms with Gasteiger partial charge in [0.1, 0.15) is 0 Å². The Morgan fingerprint density at radius 2 is 1.54 bits per heavy atom. The molecular formula is C19H17Cl4Zr. The summed E-state index contributed by atoms with van der Waals surface area (Å²) < 4.78 is -0.942. The third-order valence-corrected chi connectivity index (χ3v) is 11.1. The summed E-state index contributed by atoms with van der Waals surface area (Å²) in [7, 11) is 13.0. The number of benzene rings is 2. The molecule has 1 aliphatic rings. The van der Waals surface area contributed by atoms with Crippen LogP contribution in [0.4, 0.5) is 0 Å². The zero-order valence-corrected chi connectivity index (χ0v) is 19.1. The van der Waals surface area contributed by atoms with E-state index in [-0.39, 0.29) is 3.63 Å². The molecule has 0 fully saturated rings. The van der Waals surface area contributed by atoms with Crippen LogP contribution in [0.3, 0.4) is 0 Å². The van der Waals surface area contributed by atoms with Crippen LogP contribution in [0.2, 0.25) is 0 Å². The zero-order chi connectivity index (χ0) is 17.6. The van der Waals surface area contributed by atoms with E-state index in [0.29, 0.717) is 0 Å². The Morgan fingerprint density at radius 1 is 0.917 bits per heavy atom. The van der Waals surface area contributed by atoms with Gasteiger partial charge in [-0.05, 0) is 0 Å². The molecule has 0 saturated carbocycles. The van der Waals surface area contributed by atoms with Crippen molar-refractivity contribution >= 4 is 45.8 Å². The quantitative estimate of drug-likeness (QED) is 0.402. The molecule has 0 nitrogen and oxygen atoms in total. The number of allylic oxidation sites excluding steroid dienone is 2. The van der Waals surface area contributed by atoms with Crippen LogP contribution < -0.4 is 0 Å². The van der Waals surface area contributed by atoms with Crippen LogP contribution in [-0.2, 0) is 23.7 Å². The summed E-state index contributed by atoms with van der Waals surface area (Å²) in [5, 5.41) is 0. The SMILES string of the molecule is CC1=C(C)[CH]([Zr]([Cl])[Cl])c2c(C)ccc(C(Cl)(Cl)c3ccccc3)c21. The number of hydrogen-bond donors (Lipinski definition) is 0. The van der Waals surface area contributed by atoms with Crippen molar-refractivity contribution in [3.8, 4) is 0 Å². The van der Waals surface area contributed by atoms with Gasteiger partial charge < -0.3 is 0 Å². The average Bonchev–Trinajstić information content (AvgIpc) is 2.82. The molecule has 0 saturated heterocycles. The maximum atomic E-state index is 6.86. The third-order valence-electron chi connectivity index (χ3n) is 4.84. The van der Waals surface area contributed by atoms with E-state index in [1.54, 1.807) is 0 Å². The van der Waals surface area contributed by atoms with Gasteiger partial charge in [-0.25, -0.2) is 0 Å². The molecule has 2 aromatic rings. The van der Waals surface area contributed by atoms with Gasteiger partial charge in [-0.3, -0.25) is 0 Å². The van der Waals surface area contributed by atoms with Gasteiger partial charge in [-0.2, -0.15) is 0 Å². The molecule has 0 spiro atoms. The molecule has 0 amide bonds. The van der Waals surface area contributed by atoms with Gasteiger partial charge in [0, 0.05) is 0 Å². The first-order chi connectivity index (χ1) is 11.3. The van der Waals surface area contributed by atoms with Crippen LogP contribution >= 0.6 is 40.2 Å². The summed E-state index contributed by atoms with van der Waals surface area (Å²) in [4.78, 5) is 0. The standard InChI is InChI=1S/C19H17Cl2.2ClH.Zr/c1-12-9-10-17(18-14(3)13(2)11-16(12)18)19(20,21)15-7-5-4-6-8-15;;;/h4-11H,1-3H3;2*1H;/q;;;+2/p-2. The molecule has 2 aromatic carbocycles. The molecule has 125 valence electrons. The van der Waals surface area contributed by atoms with E-state index in [2.05, 4.69) is 26.8 Å². The number of alkyl halides is 2. The molecule has 24 heavy (non-hydrogen) atoms. The van der Waals surface area contributed by atoms with Gasteiger partial charge in [0.15, 0.2) is 0 Å². The van der Waals surface area contributed by atoms with Crippen molar-refractivity contribution in [3.05, 3.63) is 75.9 Å². The van der Waals surface area contributed by atoms with Crippen LogP contribution in [-0.4, -0.2) is 0 Å². The normalized spacial score (nSPS) is 17.2. The minimum atomic E-state index is -2.53. The van der Waals surface area contributed by atoms with E-state index in [1.165, 1.54) is 22.3 Å². The van der Waals surface area contributed by atoms with Crippen molar-refractivity contribution in [2.24, 2.45) is 0 Å². The second-order valence-electron chi connectivity index (χ2n) is 6.19. The summed E-state index contributed by atoms with van der Waals surface area (Å²) in [6.07, 6.45) is 0. The van der Waals surface area contributed by atoms with Crippen molar-refractivity contribution in [1.82, 2.24) is 0 Å². The molecule has 1 unspecified atom stereocenters. The van der Waals surface area contributed by atoms with E-state index in [0.717, 1.165) is 16.7 Å². The molecule has 1 atom stereocenters. The van der Waals surface area contributed by atoms with Crippen LogP contribution in [0.5, 0.6) is 0 Å². The van der Waals surface area contributed by atoms with Crippen molar-refractivity contribution in [1.29, 1.82) is 0 Å². The maximum absolute atomic E-state index is 6.86. The van der Waals surface area contributed by atoms with E-state index >= 15 is 0 Å². The number of rotatable bonds is 3. The molecular weight excluding hydrogens is 461 g/mol. The first-order valence-electron chi connectivity index (χ1n) is 7.69. The second-order valence-corrected chi connectivity index (χ2v) is 16.3. The van der Waals surface area contributed by atoms with Crippen molar-refractivity contribution < 1.29 is 19.4 Å². The Kier molecular flexibility index (Phi) is 5.61. The molecule has 3 rings (SSSR count). The Labute approximate surface area is 168 Å². The van der Waals surface area contributed by atoms with Gasteiger partial charge in [0.05, 0.1) is 0 Å². The summed E-state index contributed by atoms with van der Waals surface area (Å²) in [6.45, 7) is 6.35. The van der Waals surface area contributed by atoms with Gasteiger partial charge in [-0.15, -0.1) is 0 Å². The number of fused-ring (bicyclic) bond motifs is 1. The van der Waals surface area contributed by atoms with Gasteiger partial charge in [0.2, 0.25) is 0 Å². The Hall–Kier alpha value is 0.223. The first-order valence-corrected chi connectivity index (χ1v) is 16.2. The Balaban J connectivity index is 2.28. The molecule has 0 heterocycles. The van der Waals surface area contributed by atoms with Crippen molar-refractivity contribution in [3.63, 3.8) is 0 Å². The molecule has 5 heteroatoms. The van der Waals surface area contributed by atoms with Gasteiger partial charge in [-0.1, -0.05) is 0 Å². The summed E-state index contributed by atoms with van der Waals surface area (Å²) in [5.41, 5.74) is 7.80. The number of aryl methyl sites for hydroxylation is 1. The van der Waals surface area contributed by atoms with E-state index < -0.39 is 23.7 Å². The molecule has 0 N–H and O–H groups in total. The fraction of sp³-hybridized carbons (Fsp3) is 0.263.